The minimum absolute atomic E-state index is 0.221. The topological polar surface area (TPSA) is 65.6 Å². The fourth-order valence-corrected chi connectivity index (χ4v) is 7.02. The van der Waals surface area contributed by atoms with Gasteiger partial charge in [0.1, 0.15) is 0 Å². The number of nitrogens with zero attached hydrogens (tertiary/aromatic N) is 3. The summed E-state index contributed by atoms with van der Waals surface area (Å²) in [5.41, 5.74) is 4.29. The first-order valence-electron chi connectivity index (χ1n) is 13.2. The van der Waals surface area contributed by atoms with Crippen molar-refractivity contribution in [1.82, 2.24) is 9.13 Å². The van der Waals surface area contributed by atoms with E-state index >= 15 is 0 Å². The summed E-state index contributed by atoms with van der Waals surface area (Å²) in [7, 11) is 0. The van der Waals surface area contributed by atoms with Crippen LogP contribution < -0.4 is 14.9 Å². The third-order valence-corrected chi connectivity index (χ3v) is 9.26. The van der Waals surface area contributed by atoms with Crippen LogP contribution in [0.4, 0.5) is 0 Å². The maximum absolute atomic E-state index is 14.1. The molecule has 0 unspecified atom stereocenters. The number of carbonyl (C=O) groups is 1. The summed E-state index contributed by atoms with van der Waals surface area (Å²) in [5, 5.41) is 2.18. The summed E-state index contributed by atoms with van der Waals surface area (Å²) in [6, 6.07) is 20.4. The van der Waals surface area contributed by atoms with Crippen LogP contribution in [0.2, 0.25) is 10.0 Å². The number of carbonyl (C=O) groups excluding carboxylic acids is 1. The predicted molar refractivity (Wildman–Crippen MR) is 172 cm³/mol. The first-order chi connectivity index (χ1) is 20.2. The average molecular weight is 681 g/mol. The maximum atomic E-state index is 14.1. The zero-order chi connectivity index (χ0) is 29.5. The van der Waals surface area contributed by atoms with E-state index in [0.717, 1.165) is 32.1 Å². The van der Waals surface area contributed by atoms with Crippen LogP contribution in [0, 0.1) is 0 Å². The number of rotatable bonds is 6. The highest BCUT2D eigenvalue weighted by Crippen LogP contribution is 2.32. The molecular weight excluding hydrogens is 657 g/mol. The van der Waals surface area contributed by atoms with Gasteiger partial charge in [0, 0.05) is 43.7 Å². The standard InChI is InChI=1S/C32H24BrCl2N3O3S/c1-3-41-31(40)28-18(2)36-32-38(29(28)19-8-11-22(33)12-9-19)30(39)27(42-32)14-21-17-37(26-7-5-4-6-24(21)26)16-20-10-13-23(34)15-25(20)35/h4-15,17,29H,3,16H2,1-2H3/b27-14-/t29-/m0/s1. The first-order valence-corrected chi connectivity index (χ1v) is 15.6. The highest BCUT2D eigenvalue weighted by molar-refractivity contribution is 9.10. The predicted octanol–water partition coefficient (Wildman–Crippen LogP) is 6.87. The molecule has 0 bridgehead atoms. The Morgan fingerprint density at radius 2 is 1.88 bits per heavy atom. The van der Waals surface area contributed by atoms with Gasteiger partial charge in [0.2, 0.25) is 0 Å². The molecule has 0 aliphatic carbocycles. The lowest BCUT2D eigenvalue weighted by molar-refractivity contribution is -0.139. The summed E-state index contributed by atoms with van der Waals surface area (Å²) in [6.07, 6.45) is 3.92. The van der Waals surface area contributed by atoms with Crippen molar-refractivity contribution >= 4 is 73.4 Å². The lowest BCUT2D eigenvalue weighted by Crippen LogP contribution is -2.39. The third-order valence-electron chi connectivity index (χ3n) is 7.16. The lowest BCUT2D eigenvalue weighted by Gasteiger charge is -2.24. The molecule has 0 radical (unpaired) electrons. The monoisotopic (exact) mass is 679 g/mol. The Balaban J connectivity index is 1.51. The number of fused-ring (bicyclic) bond motifs is 2. The van der Waals surface area contributed by atoms with Gasteiger partial charge in [-0.1, -0.05) is 86.9 Å². The van der Waals surface area contributed by atoms with E-state index in [1.165, 1.54) is 11.3 Å². The fourth-order valence-electron chi connectivity index (χ4n) is 5.25. The highest BCUT2D eigenvalue weighted by Gasteiger charge is 2.33. The van der Waals surface area contributed by atoms with Crippen LogP contribution in [-0.2, 0) is 16.1 Å². The van der Waals surface area contributed by atoms with Gasteiger partial charge in [-0.05, 0) is 61.4 Å². The second kappa shape index (κ2) is 11.7. The molecule has 42 heavy (non-hydrogen) atoms. The second-order valence-corrected chi connectivity index (χ2v) is 12.6. The number of benzene rings is 3. The molecule has 6 rings (SSSR count). The van der Waals surface area contributed by atoms with E-state index in [-0.39, 0.29) is 12.2 Å². The number of allylic oxidation sites excluding steroid dienone is 1. The molecule has 0 fully saturated rings. The number of thiazole rings is 1. The summed E-state index contributed by atoms with van der Waals surface area (Å²) in [6.45, 7) is 4.30. The molecule has 0 saturated carbocycles. The Kier molecular flexibility index (Phi) is 7.98. The number of para-hydroxylation sites is 1. The molecule has 5 aromatic rings. The number of ether oxygens (including phenoxy) is 1. The van der Waals surface area contributed by atoms with Crippen LogP contribution in [0.25, 0.3) is 17.0 Å². The molecule has 0 N–H and O–H groups in total. The normalized spacial score (nSPS) is 15.2. The zero-order valence-electron chi connectivity index (χ0n) is 22.6. The number of aromatic nitrogens is 2. The van der Waals surface area contributed by atoms with Crippen molar-refractivity contribution in [1.29, 1.82) is 0 Å². The SMILES string of the molecule is CCOC(=O)C1=C(C)N=c2s/c(=C\c3cn(Cc4ccc(Cl)cc4Cl)c4ccccc34)c(=O)n2[C@H]1c1ccc(Br)cc1. The van der Waals surface area contributed by atoms with Crippen LogP contribution in [0.5, 0.6) is 0 Å². The molecule has 6 nitrogen and oxygen atoms in total. The summed E-state index contributed by atoms with van der Waals surface area (Å²) in [5.74, 6) is -0.482. The van der Waals surface area contributed by atoms with E-state index in [4.69, 9.17) is 27.9 Å². The van der Waals surface area contributed by atoms with Crippen LogP contribution >= 0.6 is 50.5 Å². The molecule has 1 aliphatic heterocycles. The van der Waals surface area contributed by atoms with Gasteiger partial charge < -0.3 is 9.30 Å². The maximum Gasteiger partial charge on any atom is 0.338 e. The van der Waals surface area contributed by atoms with Crippen LogP contribution in [0.1, 0.15) is 36.6 Å². The number of hydrogen-bond donors (Lipinski definition) is 0. The van der Waals surface area contributed by atoms with Crippen molar-refractivity contribution in [2.45, 2.75) is 26.4 Å². The van der Waals surface area contributed by atoms with E-state index in [0.29, 0.717) is 37.2 Å². The van der Waals surface area contributed by atoms with Crippen LogP contribution in [-0.4, -0.2) is 21.7 Å². The summed E-state index contributed by atoms with van der Waals surface area (Å²) < 4.78 is 10.5. The molecular formula is C32H24BrCl2N3O3S. The van der Waals surface area contributed by atoms with Gasteiger partial charge >= 0.3 is 5.97 Å². The number of hydrogen-bond acceptors (Lipinski definition) is 5. The summed E-state index contributed by atoms with van der Waals surface area (Å²) >= 11 is 17.4. The fraction of sp³-hybridized carbons (Fsp3) is 0.156. The van der Waals surface area contributed by atoms with E-state index in [9.17, 15) is 9.59 Å². The van der Waals surface area contributed by atoms with Crippen molar-refractivity contribution in [2.75, 3.05) is 6.61 Å². The van der Waals surface area contributed by atoms with Crippen LogP contribution in [0.15, 0.2) is 98.5 Å². The van der Waals surface area contributed by atoms with Gasteiger partial charge in [-0.15, -0.1) is 0 Å². The number of halogens is 3. The minimum Gasteiger partial charge on any atom is -0.463 e. The van der Waals surface area contributed by atoms with Gasteiger partial charge in [-0.2, -0.15) is 0 Å². The molecule has 3 aromatic carbocycles. The van der Waals surface area contributed by atoms with Crippen LogP contribution in [0.3, 0.4) is 0 Å². The largest absolute Gasteiger partial charge is 0.463 e. The third kappa shape index (κ3) is 5.28. The van der Waals surface area contributed by atoms with Crippen molar-refractivity contribution in [2.24, 2.45) is 4.99 Å². The molecule has 212 valence electrons. The van der Waals surface area contributed by atoms with E-state index in [2.05, 4.69) is 25.5 Å². The van der Waals surface area contributed by atoms with Gasteiger partial charge in [0.25, 0.3) is 5.56 Å². The van der Waals surface area contributed by atoms with Gasteiger partial charge in [-0.3, -0.25) is 9.36 Å². The average Bonchev–Trinajstić information content (AvgIpc) is 3.46. The van der Waals surface area contributed by atoms with Crippen molar-refractivity contribution in [3.63, 3.8) is 0 Å². The van der Waals surface area contributed by atoms with E-state index in [1.807, 2.05) is 72.9 Å². The van der Waals surface area contributed by atoms with E-state index < -0.39 is 12.0 Å². The summed E-state index contributed by atoms with van der Waals surface area (Å²) in [4.78, 5) is 32.4. The van der Waals surface area contributed by atoms with Crippen molar-refractivity contribution < 1.29 is 9.53 Å². The Hall–Kier alpha value is -3.43. The molecule has 1 atom stereocenters. The first kappa shape index (κ1) is 28.7. The van der Waals surface area contributed by atoms with Crippen molar-refractivity contribution in [3.8, 4) is 0 Å². The van der Waals surface area contributed by atoms with E-state index in [1.54, 1.807) is 24.5 Å². The highest BCUT2D eigenvalue weighted by atomic mass is 79.9. The molecule has 0 amide bonds. The molecule has 0 spiro atoms. The van der Waals surface area contributed by atoms with Gasteiger partial charge in [0.15, 0.2) is 4.80 Å². The van der Waals surface area contributed by atoms with Gasteiger partial charge in [0.05, 0.1) is 28.5 Å². The van der Waals surface area contributed by atoms with Gasteiger partial charge in [-0.25, -0.2) is 9.79 Å². The molecule has 2 aromatic heterocycles. The zero-order valence-corrected chi connectivity index (χ0v) is 26.5. The minimum atomic E-state index is -0.663. The molecule has 1 aliphatic rings. The molecule has 0 saturated heterocycles. The Morgan fingerprint density at radius 3 is 2.62 bits per heavy atom. The Labute approximate surface area is 263 Å². The Bertz CT molecular complexity index is 2080. The number of esters is 1. The quantitative estimate of drug-likeness (QED) is 0.184. The molecule has 3 heterocycles. The second-order valence-electron chi connectivity index (χ2n) is 9.82. The Morgan fingerprint density at radius 1 is 1.12 bits per heavy atom. The molecule has 10 heteroatoms. The van der Waals surface area contributed by atoms with Crippen molar-refractivity contribution in [3.05, 3.63) is 135 Å². The smallest absolute Gasteiger partial charge is 0.338 e. The lowest BCUT2D eigenvalue weighted by atomic mass is 9.96.